The van der Waals surface area contributed by atoms with E-state index in [-0.39, 0.29) is 5.91 Å². The smallest absolute Gasteiger partial charge is 0.267 e. The van der Waals surface area contributed by atoms with Crippen LogP contribution in [0.15, 0.2) is 60.7 Å². The zero-order valence-corrected chi connectivity index (χ0v) is 19.1. The zero-order chi connectivity index (χ0) is 22.6. The van der Waals surface area contributed by atoms with Crippen molar-refractivity contribution in [1.29, 1.82) is 0 Å². The molecule has 2 aromatic carbocycles. The van der Waals surface area contributed by atoms with Gasteiger partial charge in [0.05, 0.1) is 5.69 Å². The number of hydrogen-bond donors (Lipinski definition) is 1. The first-order valence-electron chi connectivity index (χ1n) is 10.9. The summed E-state index contributed by atoms with van der Waals surface area (Å²) in [5.74, 6) is 1.27. The van der Waals surface area contributed by atoms with Crippen LogP contribution in [-0.4, -0.2) is 34.8 Å². The zero-order valence-electron chi connectivity index (χ0n) is 18.3. The molecule has 1 aliphatic rings. The number of rotatable bonds is 6. The Labute approximate surface area is 193 Å². The highest BCUT2D eigenvalue weighted by Crippen LogP contribution is 2.24. The van der Waals surface area contributed by atoms with E-state index in [1.807, 2.05) is 36.4 Å². The van der Waals surface area contributed by atoms with Crippen molar-refractivity contribution >= 4 is 29.0 Å². The minimum atomic E-state index is -1.05. The van der Waals surface area contributed by atoms with Gasteiger partial charge in [-0.1, -0.05) is 23.7 Å². The van der Waals surface area contributed by atoms with Gasteiger partial charge in [-0.3, -0.25) is 4.79 Å². The quantitative estimate of drug-likeness (QED) is 0.530. The van der Waals surface area contributed by atoms with Crippen LogP contribution in [0.1, 0.15) is 33.1 Å². The van der Waals surface area contributed by atoms with Crippen molar-refractivity contribution in [2.45, 2.75) is 38.7 Å². The molecule has 1 aromatic heterocycles. The van der Waals surface area contributed by atoms with E-state index in [4.69, 9.17) is 16.3 Å². The van der Waals surface area contributed by atoms with Crippen molar-refractivity contribution in [3.63, 3.8) is 0 Å². The normalized spacial score (nSPS) is 14.2. The number of benzene rings is 2. The Morgan fingerprint density at radius 1 is 0.938 bits per heavy atom. The highest BCUT2D eigenvalue weighted by Gasteiger charge is 2.30. The molecule has 0 unspecified atom stereocenters. The minimum absolute atomic E-state index is 0.245. The first-order valence-corrected chi connectivity index (χ1v) is 11.2. The maximum atomic E-state index is 12.8. The van der Waals surface area contributed by atoms with Crippen molar-refractivity contribution < 1.29 is 9.53 Å². The fraction of sp³-hybridized carbons (Fsp3) is 0.320. The SMILES string of the molecule is CC(C)(Oc1ccc(Cl)cc1)C(=O)Nc1ccc(-c2ccc(N3CCCCC3)nn2)cc1. The number of piperidine rings is 1. The highest BCUT2D eigenvalue weighted by atomic mass is 35.5. The average molecular weight is 451 g/mol. The Balaban J connectivity index is 1.38. The van der Waals surface area contributed by atoms with Crippen molar-refractivity contribution in [3.8, 4) is 17.0 Å². The number of amides is 1. The predicted octanol–water partition coefficient (Wildman–Crippen LogP) is 5.58. The standard InChI is InChI=1S/C25H27ClN4O2/c1-25(2,32-21-12-8-19(26)9-13-21)24(31)27-20-10-6-18(7-11-20)22-14-15-23(29-28-22)30-16-4-3-5-17-30/h6-15H,3-5,16-17H2,1-2H3,(H,27,31). The van der Waals surface area contributed by atoms with Crippen LogP contribution in [0.5, 0.6) is 5.75 Å². The predicted molar refractivity (Wildman–Crippen MR) is 128 cm³/mol. The molecule has 1 aliphatic heterocycles. The third-order valence-electron chi connectivity index (χ3n) is 5.50. The first-order chi connectivity index (χ1) is 15.4. The number of carbonyl (C=O) groups excluding carboxylic acids is 1. The van der Waals surface area contributed by atoms with Crippen LogP contribution in [0.3, 0.4) is 0 Å². The molecule has 0 bridgehead atoms. The van der Waals surface area contributed by atoms with Gasteiger partial charge in [0, 0.05) is 29.4 Å². The summed E-state index contributed by atoms with van der Waals surface area (Å²) >= 11 is 5.91. The number of nitrogens with one attached hydrogen (secondary N) is 1. The molecule has 0 radical (unpaired) electrons. The van der Waals surface area contributed by atoms with Gasteiger partial charge in [0.25, 0.3) is 5.91 Å². The third-order valence-corrected chi connectivity index (χ3v) is 5.75. The van der Waals surface area contributed by atoms with Crippen LogP contribution in [0.2, 0.25) is 5.02 Å². The number of hydrogen-bond acceptors (Lipinski definition) is 5. The van der Waals surface area contributed by atoms with Crippen molar-refractivity contribution in [1.82, 2.24) is 10.2 Å². The van der Waals surface area contributed by atoms with Crippen molar-refractivity contribution in [3.05, 3.63) is 65.7 Å². The molecule has 1 saturated heterocycles. The fourth-order valence-electron chi connectivity index (χ4n) is 3.62. The lowest BCUT2D eigenvalue weighted by atomic mass is 10.1. The lowest BCUT2D eigenvalue weighted by Crippen LogP contribution is -2.42. The lowest BCUT2D eigenvalue weighted by Gasteiger charge is -2.27. The van der Waals surface area contributed by atoms with Crippen LogP contribution in [-0.2, 0) is 4.79 Å². The second-order valence-electron chi connectivity index (χ2n) is 8.42. The molecule has 166 valence electrons. The second-order valence-corrected chi connectivity index (χ2v) is 8.86. The van der Waals surface area contributed by atoms with E-state index in [2.05, 4.69) is 20.4 Å². The van der Waals surface area contributed by atoms with Gasteiger partial charge in [-0.2, -0.15) is 0 Å². The molecule has 0 atom stereocenters. The molecule has 0 aliphatic carbocycles. The van der Waals surface area contributed by atoms with Gasteiger partial charge in [0.1, 0.15) is 5.75 Å². The Kier molecular flexibility index (Phi) is 6.61. The second kappa shape index (κ2) is 9.57. The van der Waals surface area contributed by atoms with Crippen LogP contribution in [0.4, 0.5) is 11.5 Å². The van der Waals surface area contributed by atoms with Gasteiger partial charge in [0.2, 0.25) is 0 Å². The monoisotopic (exact) mass is 450 g/mol. The van der Waals surface area contributed by atoms with Gasteiger partial charge in [-0.25, -0.2) is 0 Å². The van der Waals surface area contributed by atoms with Gasteiger partial charge < -0.3 is 15.0 Å². The summed E-state index contributed by atoms with van der Waals surface area (Å²) in [4.78, 5) is 15.0. The van der Waals surface area contributed by atoms with Crippen LogP contribution in [0.25, 0.3) is 11.3 Å². The molecule has 6 nitrogen and oxygen atoms in total. The molecule has 7 heteroatoms. The maximum absolute atomic E-state index is 12.8. The molecule has 32 heavy (non-hydrogen) atoms. The van der Waals surface area contributed by atoms with Gasteiger partial charge in [-0.15, -0.1) is 10.2 Å². The molecule has 4 rings (SSSR count). The Hall–Kier alpha value is -3.12. The van der Waals surface area contributed by atoms with E-state index < -0.39 is 5.60 Å². The van der Waals surface area contributed by atoms with E-state index in [1.165, 1.54) is 19.3 Å². The number of nitrogens with zero attached hydrogens (tertiary/aromatic N) is 3. The van der Waals surface area contributed by atoms with Gasteiger partial charge in [0.15, 0.2) is 11.4 Å². The van der Waals surface area contributed by atoms with Crippen molar-refractivity contribution in [2.75, 3.05) is 23.3 Å². The van der Waals surface area contributed by atoms with E-state index in [0.29, 0.717) is 16.5 Å². The Bertz CT molecular complexity index is 1040. The molecule has 0 spiro atoms. The Morgan fingerprint density at radius 3 is 2.25 bits per heavy atom. The number of aromatic nitrogens is 2. The van der Waals surface area contributed by atoms with Crippen LogP contribution >= 0.6 is 11.6 Å². The molecular weight excluding hydrogens is 424 g/mol. The summed E-state index contributed by atoms with van der Waals surface area (Å²) < 4.78 is 5.85. The molecule has 0 saturated carbocycles. The van der Waals surface area contributed by atoms with Gasteiger partial charge in [-0.05, 0) is 81.6 Å². The largest absolute Gasteiger partial charge is 0.478 e. The number of anilines is 2. The van der Waals surface area contributed by atoms with E-state index >= 15 is 0 Å². The topological polar surface area (TPSA) is 67.3 Å². The third kappa shape index (κ3) is 5.37. The molecule has 1 N–H and O–H groups in total. The number of halogens is 1. The fourth-order valence-corrected chi connectivity index (χ4v) is 3.75. The first kappa shape index (κ1) is 22.1. The maximum Gasteiger partial charge on any atom is 0.267 e. The minimum Gasteiger partial charge on any atom is -0.478 e. The summed E-state index contributed by atoms with van der Waals surface area (Å²) in [6.45, 7) is 5.54. The highest BCUT2D eigenvalue weighted by molar-refractivity contribution is 6.30. The van der Waals surface area contributed by atoms with Crippen LogP contribution in [0, 0.1) is 0 Å². The van der Waals surface area contributed by atoms with E-state index in [1.54, 1.807) is 38.1 Å². The van der Waals surface area contributed by atoms with Crippen molar-refractivity contribution in [2.24, 2.45) is 0 Å². The summed E-state index contributed by atoms with van der Waals surface area (Å²) in [5.41, 5.74) is 1.37. The molecular formula is C25H27ClN4O2. The van der Waals surface area contributed by atoms with E-state index in [9.17, 15) is 4.79 Å². The summed E-state index contributed by atoms with van der Waals surface area (Å²) in [5, 5.41) is 12.3. The van der Waals surface area contributed by atoms with Crippen LogP contribution < -0.4 is 15.0 Å². The molecule has 2 heterocycles. The number of carbonyl (C=O) groups is 1. The summed E-state index contributed by atoms with van der Waals surface area (Å²) in [6.07, 6.45) is 3.70. The summed E-state index contributed by atoms with van der Waals surface area (Å²) in [7, 11) is 0. The average Bonchev–Trinajstić information content (AvgIpc) is 2.82. The molecule has 1 fully saturated rings. The van der Waals surface area contributed by atoms with E-state index in [0.717, 1.165) is 30.2 Å². The lowest BCUT2D eigenvalue weighted by molar-refractivity contribution is -0.128. The summed E-state index contributed by atoms with van der Waals surface area (Å²) in [6, 6.07) is 18.5. The molecule has 1 amide bonds. The Morgan fingerprint density at radius 2 is 1.62 bits per heavy atom. The number of ether oxygens (including phenoxy) is 1. The molecule has 3 aromatic rings. The van der Waals surface area contributed by atoms with Gasteiger partial charge >= 0.3 is 0 Å².